The van der Waals surface area contributed by atoms with Crippen molar-refractivity contribution in [3.63, 3.8) is 0 Å². The Morgan fingerprint density at radius 1 is 1.14 bits per heavy atom. The van der Waals surface area contributed by atoms with Gasteiger partial charge in [-0.15, -0.1) is 0 Å². The summed E-state index contributed by atoms with van der Waals surface area (Å²) in [5, 5.41) is 6.11. The van der Waals surface area contributed by atoms with Gasteiger partial charge in [0.2, 0.25) is 5.91 Å². The number of nitrogens with one attached hydrogen (secondary N) is 2. The van der Waals surface area contributed by atoms with Gasteiger partial charge in [0.15, 0.2) is 0 Å². The van der Waals surface area contributed by atoms with Crippen LogP contribution in [0.1, 0.15) is 32.8 Å². The lowest BCUT2D eigenvalue weighted by atomic mass is 9.95. The highest BCUT2D eigenvalue weighted by atomic mass is 19.1. The highest BCUT2D eigenvalue weighted by Crippen LogP contribution is 2.21. The predicted molar refractivity (Wildman–Crippen MR) is 143 cm³/mol. The van der Waals surface area contributed by atoms with E-state index < -0.39 is 23.7 Å². The highest BCUT2D eigenvalue weighted by Gasteiger charge is 2.20. The molecule has 0 fully saturated rings. The predicted octanol–water partition coefficient (Wildman–Crippen LogP) is 5.31. The van der Waals surface area contributed by atoms with E-state index in [1.165, 1.54) is 19.1 Å². The molecule has 0 aliphatic rings. The van der Waals surface area contributed by atoms with Crippen LogP contribution in [0, 0.1) is 17.6 Å². The second-order valence-electron chi connectivity index (χ2n) is 9.11. The summed E-state index contributed by atoms with van der Waals surface area (Å²) in [5.74, 6) is -1.15. The monoisotopic (exact) mass is 483 g/mol. The molecule has 0 saturated heterocycles. The third kappa shape index (κ3) is 11.7. The van der Waals surface area contributed by atoms with Crippen molar-refractivity contribution in [3.8, 4) is 0 Å². The summed E-state index contributed by atoms with van der Waals surface area (Å²) in [7, 11) is 0. The van der Waals surface area contributed by atoms with Crippen LogP contribution in [-0.2, 0) is 11.2 Å². The van der Waals surface area contributed by atoms with E-state index in [0.29, 0.717) is 24.6 Å². The molecule has 4 nitrogen and oxygen atoms in total. The van der Waals surface area contributed by atoms with Crippen LogP contribution in [0.2, 0.25) is 0 Å². The van der Waals surface area contributed by atoms with Gasteiger partial charge in [-0.1, -0.05) is 70.0 Å². The van der Waals surface area contributed by atoms with Crippen molar-refractivity contribution in [2.45, 2.75) is 45.7 Å². The van der Waals surface area contributed by atoms with Gasteiger partial charge >= 0.3 is 0 Å². The zero-order chi connectivity index (χ0) is 26.5. The van der Waals surface area contributed by atoms with Crippen molar-refractivity contribution in [1.82, 2.24) is 10.6 Å². The maximum atomic E-state index is 13.6. The summed E-state index contributed by atoms with van der Waals surface area (Å²) >= 11 is 0. The third-order valence-corrected chi connectivity index (χ3v) is 5.24. The molecule has 190 valence electrons. The molecule has 6 heteroatoms. The summed E-state index contributed by atoms with van der Waals surface area (Å²) in [4.78, 5) is 11.7. The van der Waals surface area contributed by atoms with Crippen LogP contribution in [-0.4, -0.2) is 31.1 Å². The first kappa shape index (κ1) is 29.9. The topological polar surface area (TPSA) is 67.2 Å². The van der Waals surface area contributed by atoms with Crippen molar-refractivity contribution >= 4 is 5.91 Å². The van der Waals surface area contributed by atoms with E-state index in [0.717, 1.165) is 34.8 Å². The molecule has 0 bridgehead atoms. The Hall–Kier alpha value is -3.09. The smallest absolute Gasteiger partial charge is 0.217 e. The van der Waals surface area contributed by atoms with E-state index in [9.17, 15) is 13.6 Å². The van der Waals surface area contributed by atoms with E-state index in [1.807, 2.05) is 12.2 Å². The van der Waals surface area contributed by atoms with Crippen LogP contribution in [0.3, 0.4) is 0 Å². The van der Waals surface area contributed by atoms with E-state index in [4.69, 9.17) is 5.73 Å². The fourth-order valence-electron chi connectivity index (χ4n) is 3.63. The van der Waals surface area contributed by atoms with Gasteiger partial charge < -0.3 is 16.4 Å². The number of amides is 1. The molecular weight excluding hydrogens is 444 g/mol. The Morgan fingerprint density at radius 3 is 2.31 bits per heavy atom. The van der Waals surface area contributed by atoms with Gasteiger partial charge in [-0.05, 0) is 53.2 Å². The number of nitrogens with two attached hydrogens (primary N) is 1. The van der Waals surface area contributed by atoms with Crippen molar-refractivity contribution in [2.75, 3.05) is 13.1 Å². The first-order valence-electron chi connectivity index (χ1n) is 11.7. The molecular formula is C29H39F2N3O. The summed E-state index contributed by atoms with van der Waals surface area (Å²) in [6, 6.07) is 2.27. The minimum absolute atomic E-state index is 0.195. The number of halogens is 2. The van der Waals surface area contributed by atoms with Gasteiger partial charge in [-0.25, -0.2) is 8.78 Å². The Morgan fingerprint density at radius 2 is 1.77 bits per heavy atom. The molecule has 35 heavy (non-hydrogen) atoms. The molecule has 0 aromatic heterocycles. The Labute approximate surface area is 209 Å². The molecule has 1 aromatic carbocycles. The van der Waals surface area contributed by atoms with Gasteiger partial charge in [0.25, 0.3) is 0 Å². The van der Waals surface area contributed by atoms with Crippen LogP contribution >= 0.6 is 0 Å². The molecule has 1 amide bonds. The average molecular weight is 484 g/mol. The Balaban J connectivity index is 2.96. The minimum Gasteiger partial charge on any atom is -0.352 e. The van der Waals surface area contributed by atoms with Gasteiger partial charge in [0, 0.05) is 38.2 Å². The summed E-state index contributed by atoms with van der Waals surface area (Å²) < 4.78 is 27.3. The van der Waals surface area contributed by atoms with Gasteiger partial charge in [-0.3, -0.25) is 4.79 Å². The summed E-state index contributed by atoms with van der Waals surface area (Å²) in [6.45, 7) is 22.5. The number of allylic oxidation sites excluding steroid dienone is 6. The SMILES string of the molecule is C=C/C=C\C(=C)C(=C)/C(=C\C(=C)CC(C)C)CNC[C@@H](N)C(Cc1cc(F)cc(F)c1)NC(C)=O. The lowest BCUT2D eigenvalue weighted by Gasteiger charge is -2.26. The van der Waals surface area contributed by atoms with Crippen LogP contribution in [0.4, 0.5) is 8.78 Å². The number of benzene rings is 1. The Bertz CT molecular complexity index is 971. The van der Waals surface area contributed by atoms with Crippen molar-refractivity contribution in [1.29, 1.82) is 0 Å². The molecule has 0 radical (unpaired) electrons. The maximum absolute atomic E-state index is 13.6. The van der Waals surface area contributed by atoms with Crippen LogP contribution in [0.25, 0.3) is 0 Å². The van der Waals surface area contributed by atoms with Crippen LogP contribution in [0.5, 0.6) is 0 Å². The zero-order valence-electron chi connectivity index (χ0n) is 21.2. The molecule has 0 aliphatic heterocycles. The highest BCUT2D eigenvalue weighted by molar-refractivity contribution is 5.73. The molecule has 0 aliphatic carbocycles. The molecule has 1 aromatic rings. The number of hydrogen-bond donors (Lipinski definition) is 3. The van der Waals surface area contributed by atoms with Crippen LogP contribution in [0.15, 0.2) is 91.1 Å². The largest absolute Gasteiger partial charge is 0.352 e. The van der Waals surface area contributed by atoms with Crippen molar-refractivity contribution in [3.05, 3.63) is 108 Å². The normalized spacial score (nSPS) is 13.5. The lowest BCUT2D eigenvalue weighted by molar-refractivity contribution is -0.119. The zero-order valence-corrected chi connectivity index (χ0v) is 21.2. The fourth-order valence-corrected chi connectivity index (χ4v) is 3.63. The first-order valence-corrected chi connectivity index (χ1v) is 11.7. The number of carbonyl (C=O) groups excluding carboxylic acids is 1. The molecule has 1 unspecified atom stereocenters. The van der Waals surface area contributed by atoms with E-state index in [1.54, 1.807) is 12.2 Å². The van der Waals surface area contributed by atoms with E-state index in [-0.39, 0.29) is 12.3 Å². The van der Waals surface area contributed by atoms with E-state index >= 15 is 0 Å². The number of carbonyl (C=O) groups is 1. The van der Waals surface area contributed by atoms with Crippen molar-refractivity contribution < 1.29 is 13.6 Å². The van der Waals surface area contributed by atoms with Crippen LogP contribution < -0.4 is 16.4 Å². The second kappa shape index (κ2) is 15.0. The Kier molecular flexibility index (Phi) is 12.8. The molecule has 1 rings (SSSR count). The first-order chi connectivity index (χ1) is 16.4. The lowest BCUT2D eigenvalue weighted by Crippen LogP contribution is -2.52. The third-order valence-electron chi connectivity index (χ3n) is 5.24. The van der Waals surface area contributed by atoms with E-state index in [2.05, 4.69) is 50.8 Å². The second-order valence-corrected chi connectivity index (χ2v) is 9.11. The van der Waals surface area contributed by atoms with Gasteiger partial charge in [-0.2, -0.15) is 0 Å². The fraction of sp³-hybridized carbons (Fsp3) is 0.345. The number of hydrogen-bond acceptors (Lipinski definition) is 3. The number of rotatable bonds is 15. The van der Waals surface area contributed by atoms with Crippen molar-refractivity contribution in [2.24, 2.45) is 11.7 Å². The summed E-state index contributed by atoms with van der Waals surface area (Å²) in [5.41, 5.74) is 10.2. The quantitative estimate of drug-likeness (QED) is 0.296. The molecule has 0 spiro atoms. The molecule has 2 atom stereocenters. The minimum atomic E-state index is -0.672. The summed E-state index contributed by atoms with van der Waals surface area (Å²) in [6.07, 6.45) is 8.36. The molecule has 0 heterocycles. The standard InChI is InChI=1S/C29H39F2N3O/c1-8-9-10-21(5)22(6)25(12-20(4)11-19(2)3)17-33-18-28(32)29(34-23(7)35)15-24-13-26(30)16-27(31)14-24/h8-10,12-14,16,19,28-29,33H,1,4-6,11,15,17-18,32H2,2-3,7H3,(H,34,35)/b10-9-,25-12-/t28-,29?/m1/s1. The van der Waals surface area contributed by atoms with Gasteiger partial charge in [0.1, 0.15) is 11.6 Å². The maximum Gasteiger partial charge on any atom is 0.217 e. The molecule has 4 N–H and O–H groups in total. The van der Waals surface area contributed by atoms with Gasteiger partial charge in [0.05, 0.1) is 0 Å². The average Bonchev–Trinajstić information content (AvgIpc) is 2.74. The molecule has 0 saturated carbocycles.